The van der Waals surface area contributed by atoms with Gasteiger partial charge in [0.1, 0.15) is 17.8 Å². The van der Waals surface area contributed by atoms with E-state index in [4.69, 9.17) is 4.74 Å². The van der Waals surface area contributed by atoms with Gasteiger partial charge in [-0.1, -0.05) is 37.5 Å². The first kappa shape index (κ1) is 26.6. The number of rotatable bonds is 7. The molecule has 3 amide bonds. The molecular weight excluding hydrogens is 494 g/mol. The lowest BCUT2D eigenvalue weighted by atomic mass is 9.82. The Hall–Kier alpha value is -2.65. The number of hydrogen-bond donors (Lipinski definition) is 3. The Bertz CT molecular complexity index is 1090. The minimum atomic E-state index is -0.602. The second-order valence-corrected chi connectivity index (χ2v) is 12.3. The van der Waals surface area contributed by atoms with Crippen LogP contribution in [0, 0.1) is 11.8 Å². The number of piperazine rings is 1. The number of carbonyl (C=O) groups is 3. The second-order valence-electron chi connectivity index (χ2n) is 12.3. The average molecular weight is 538 g/mol. The number of benzene rings is 1. The topological polar surface area (TPSA) is 103 Å². The molecule has 3 aliphatic heterocycles. The summed E-state index contributed by atoms with van der Waals surface area (Å²) >= 11 is 0. The predicted octanol–water partition coefficient (Wildman–Crippen LogP) is 1.97. The SMILES string of the molecule is CN[C@@H](C)C(=O)NC(C(=O)N1CC2CC3CC3N2C[C@H]1C(=O)N[C@@H]1CCOc2ccccc21)C1CCCCC1. The van der Waals surface area contributed by atoms with Crippen LogP contribution in [0.4, 0.5) is 0 Å². The Morgan fingerprint density at radius 2 is 1.82 bits per heavy atom. The molecule has 2 saturated carbocycles. The summed E-state index contributed by atoms with van der Waals surface area (Å²) in [6, 6.07) is 6.99. The van der Waals surface area contributed by atoms with Crippen molar-refractivity contribution in [3.63, 3.8) is 0 Å². The molecule has 0 radical (unpaired) electrons. The lowest BCUT2D eigenvalue weighted by Gasteiger charge is -2.46. The van der Waals surface area contributed by atoms with Crippen LogP contribution in [0.1, 0.15) is 69.9 Å². The summed E-state index contributed by atoms with van der Waals surface area (Å²) < 4.78 is 5.81. The van der Waals surface area contributed by atoms with Crippen molar-refractivity contribution in [1.29, 1.82) is 0 Å². The molecule has 9 heteroatoms. The molecule has 1 aromatic carbocycles. The maximum absolute atomic E-state index is 14.4. The van der Waals surface area contributed by atoms with Crippen LogP contribution in [0.3, 0.4) is 0 Å². The molecule has 4 unspecified atom stereocenters. The van der Waals surface area contributed by atoms with Gasteiger partial charge in [-0.25, -0.2) is 0 Å². The fraction of sp³-hybridized carbons (Fsp3) is 0.700. The van der Waals surface area contributed by atoms with E-state index >= 15 is 0 Å². The molecule has 7 atom stereocenters. The van der Waals surface area contributed by atoms with Crippen LogP contribution in [0.25, 0.3) is 0 Å². The lowest BCUT2D eigenvalue weighted by Crippen LogP contribution is -2.67. The first-order valence-electron chi connectivity index (χ1n) is 15.0. The molecule has 3 heterocycles. The average Bonchev–Trinajstić information content (AvgIpc) is 3.65. The van der Waals surface area contributed by atoms with E-state index in [0.717, 1.165) is 43.4 Å². The zero-order valence-corrected chi connectivity index (χ0v) is 23.2. The number of hydrogen-bond acceptors (Lipinski definition) is 6. The molecule has 3 N–H and O–H groups in total. The molecular formula is C30H43N5O4. The number of para-hydroxylation sites is 1. The van der Waals surface area contributed by atoms with E-state index in [2.05, 4.69) is 20.9 Å². The Morgan fingerprint density at radius 3 is 2.62 bits per heavy atom. The number of ether oxygens (including phenoxy) is 1. The van der Waals surface area contributed by atoms with Crippen LogP contribution in [0.5, 0.6) is 5.75 Å². The van der Waals surface area contributed by atoms with Gasteiger partial charge in [0.05, 0.1) is 18.7 Å². The molecule has 212 valence electrons. The number of amides is 3. The minimum Gasteiger partial charge on any atom is -0.493 e. The third-order valence-electron chi connectivity index (χ3n) is 9.89. The number of piperidine rings is 1. The number of nitrogens with one attached hydrogen (secondary N) is 3. The molecule has 9 nitrogen and oxygen atoms in total. The van der Waals surface area contributed by atoms with Crippen LogP contribution < -0.4 is 20.7 Å². The fourth-order valence-corrected chi connectivity index (χ4v) is 7.43. The molecule has 5 aliphatic rings. The van der Waals surface area contributed by atoms with Crippen LogP contribution in [-0.2, 0) is 14.4 Å². The van der Waals surface area contributed by atoms with Gasteiger partial charge >= 0.3 is 0 Å². The Labute approximate surface area is 231 Å². The summed E-state index contributed by atoms with van der Waals surface area (Å²) in [6.45, 7) is 3.47. The van der Waals surface area contributed by atoms with Gasteiger partial charge < -0.3 is 25.6 Å². The zero-order chi connectivity index (χ0) is 27.1. The summed E-state index contributed by atoms with van der Waals surface area (Å²) in [5.74, 6) is 1.24. The highest BCUT2D eigenvalue weighted by Gasteiger charge is 2.56. The molecule has 4 fully saturated rings. The van der Waals surface area contributed by atoms with Crippen LogP contribution in [-0.4, -0.2) is 84.5 Å². The maximum atomic E-state index is 14.4. The van der Waals surface area contributed by atoms with Crippen molar-refractivity contribution in [2.24, 2.45) is 11.8 Å². The summed E-state index contributed by atoms with van der Waals surface area (Å²) in [5.41, 5.74) is 0.987. The summed E-state index contributed by atoms with van der Waals surface area (Å²) in [5, 5.41) is 9.39. The standard InChI is InChI=1S/C30H43N5O4/c1-18(31-2)28(36)33-27(19-8-4-3-5-9-19)30(38)35-16-21-14-20-15-24(20)34(21)17-25(35)29(37)32-23-12-13-39-26-11-7-6-10-22(23)26/h6-7,10-11,18-21,23-25,27,31H,3-5,8-9,12-17H2,1-2H3,(H,32,37)(H,33,36)/t18-,20?,21?,23+,24?,25-,27?/m0/s1. The predicted molar refractivity (Wildman–Crippen MR) is 147 cm³/mol. The highest BCUT2D eigenvalue weighted by molar-refractivity contribution is 5.93. The van der Waals surface area contributed by atoms with Crippen LogP contribution >= 0.6 is 0 Å². The van der Waals surface area contributed by atoms with Crippen molar-refractivity contribution in [1.82, 2.24) is 25.8 Å². The van der Waals surface area contributed by atoms with Crippen molar-refractivity contribution in [3.8, 4) is 5.75 Å². The van der Waals surface area contributed by atoms with E-state index in [-0.39, 0.29) is 29.7 Å². The van der Waals surface area contributed by atoms with E-state index < -0.39 is 18.1 Å². The van der Waals surface area contributed by atoms with Crippen LogP contribution in [0.2, 0.25) is 0 Å². The minimum absolute atomic E-state index is 0.0914. The molecule has 2 aliphatic carbocycles. The Kier molecular flexibility index (Phi) is 7.55. The van der Waals surface area contributed by atoms with E-state index in [1.165, 1.54) is 12.8 Å². The van der Waals surface area contributed by atoms with E-state index in [1.54, 1.807) is 7.05 Å². The van der Waals surface area contributed by atoms with Crippen LogP contribution in [0.15, 0.2) is 24.3 Å². The lowest BCUT2D eigenvalue weighted by molar-refractivity contribution is -0.150. The van der Waals surface area contributed by atoms with Gasteiger partial charge in [0.15, 0.2) is 0 Å². The number of nitrogens with zero attached hydrogens (tertiary/aromatic N) is 2. The van der Waals surface area contributed by atoms with E-state index in [9.17, 15) is 14.4 Å². The van der Waals surface area contributed by atoms with Crippen molar-refractivity contribution < 1.29 is 19.1 Å². The number of carbonyl (C=O) groups excluding carboxylic acids is 3. The van der Waals surface area contributed by atoms with Crippen molar-refractivity contribution in [2.75, 3.05) is 26.7 Å². The first-order valence-corrected chi connectivity index (χ1v) is 15.0. The van der Waals surface area contributed by atoms with E-state index in [1.807, 2.05) is 36.1 Å². The molecule has 1 aromatic rings. The quantitative estimate of drug-likeness (QED) is 0.492. The second kappa shape index (κ2) is 11.1. The third-order valence-corrected chi connectivity index (χ3v) is 9.89. The molecule has 2 saturated heterocycles. The highest BCUT2D eigenvalue weighted by Crippen LogP contribution is 2.49. The van der Waals surface area contributed by atoms with Gasteiger partial charge in [0.25, 0.3) is 0 Å². The fourth-order valence-electron chi connectivity index (χ4n) is 7.43. The number of fused-ring (bicyclic) bond motifs is 4. The first-order chi connectivity index (χ1) is 18.9. The Morgan fingerprint density at radius 1 is 1.03 bits per heavy atom. The smallest absolute Gasteiger partial charge is 0.246 e. The van der Waals surface area contributed by atoms with Gasteiger partial charge in [-0.05, 0) is 57.6 Å². The van der Waals surface area contributed by atoms with Gasteiger partial charge in [0, 0.05) is 37.2 Å². The zero-order valence-electron chi connectivity index (χ0n) is 23.2. The molecule has 0 bridgehead atoms. The van der Waals surface area contributed by atoms with Gasteiger partial charge in [-0.15, -0.1) is 0 Å². The van der Waals surface area contributed by atoms with E-state index in [0.29, 0.717) is 44.1 Å². The summed E-state index contributed by atoms with van der Waals surface area (Å²) in [6.07, 6.45) is 8.14. The monoisotopic (exact) mass is 537 g/mol. The molecule has 39 heavy (non-hydrogen) atoms. The van der Waals surface area contributed by atoms with Crippen molar-refractivity contribution >= 4 is 17.7 Å². The summed E-state index contributed by atoms with van der Waals surface area (Å²) in [4.78, 5) is 45.7. The number of likely N-dealkylation sites (N-methyl/N-ethyl adjacent to an activating group) is 1. The third kappa shape index (κ3) is 5.27. The maximum Gasteiger partial charge on any atom is 0.246 e. The molecule has 0 spiro atoms. The van der Waals surface area contributed by atoms with Gasteiger partial charge in [-0.3, -0.25) is 19.3 Å². The van der Waals surface area contributed by atoms with Crippen molar-refractivity contribution in [2.45, 2.75) is 94.5 Å². The molecule has 0 aromatic heterocycles. The van der Waals surface area contributed by atoms with Gasteiger partial charge in [0.2, 0.25) is 17.7 Å². The normalized spacial score (nSPS) is 31.6. The Balaban J connectivity index is 1.25. The highest BCUT2D eigenvalue weighted by atomic mass is 16.5. The van der Waals surface area contributed by atoms with Gasteiger partial charge in [-0.2, -0.15) is 0 Å². The van der Waals surface area contributed by atoms with Crippen molar-refractivity contribution in [3.05, 3.63) is 29.8 Å². The molecule has 6 rings (SSSR count). The largest absolute Gasteiger partial charge is 0.493 e. The summed E-state index contributed by atoms with van der Waals surface area (Å²) in [7, 11) is 1.75.